The van der Waals surface area contributed by atoms with Crippen molar-refractivity contribution in [1.82, 2.24) is 14.8 Å². The number of anilines is 1. The fourth-order valence-corrected chi connectivity index (χ4v) is 2.31. The summed E-state index contributed by atoms with van der Waals surface area (Å²) in [5.74, 6) is 1.16. The van der Waals surface area contributed by atoms with E-state index >= 15 is 0 Å². The first-order chi connectivity index (χ1) is 8.06. The van der Waals surface area contributed by atoms with Crippen LogP contribution in [-0.2, 0) is 12.8 Å². The Labute approximate surface area is 103 Å². The minimum atomic E-state index is -0.310. The molecule has 0 saturated carbocycles. The summed E-state index contributed by atoms with van der Waals surface area (Å²) in [6.07, 6.45) is 0. The number of hydrogen-bond acceptors (Lipinski definition) is 4. The zero-order valence-corrected chi connectivity index (χ0v) is 10.5. The third-order valence-corrected chi connectivity index (χ3v) is 3.49. The summed E-state index contributed by atoms with van der Waals surface area (Å²) in [5.41, 5.74) is 6.86. The van der Waals surface area contributed by atoms with Crippen molar-refractivity contribution in [3.63, 3.8) is 0 Å². The number of nitrogens with zero attached hydrogens (tertiary/aromatic N) is 3. The van der Waals surface area contributed by atoms with Gasteiger partial charge in [-0.3, -0.25) is 0 Å². The normalized spacial score (nSPS) is 10.8. The molecular formula is C11H13FN4S. The number of thioether (sulfide) groups is 1. The topological polar surface area (TPSA) is 56.7 Å². The largest absolute Gasteiger partial charge is 0.399 e. The molecule has 0 bridgehead atoms. The SMILES string of the molecule is Cc1nnc(SCc2cc(N)cc(F)c2)n1C. The number of nitrogens with two attached hydrogens (primary N) is 1. The van der Waals surface area contributed by atoms with Gasteiger partial charge in [-0.25, -0.2) is 4.39 Å². The maximum atomic E-state index is 13.1. The van der Waals surface area contributed by atoms with Crippen molar-refractivity contribution in [3.05, 3.63) is 35.4 Å². The average Bonchev–Trinajstić information content (AvgIpc) is 2.56. The second kappa shape index (κ2) is 4.75. The van der Waals surface area contributed by atoms with Gasteiger partial charge in [-0.1, -0.05) is 11.8 Å². The van der Waals surface area contributed by atoms with E-state index in [1.165, 1.54) is 23.9 Å². The lowest BCUT2D eigenvalue weighted by molar-refractivity contribution is 0.627. The van der Waals surface area contributed by atoms with Gasteiger partial charge in [0.1, 0.15) is 11.6 Å². The molecule has 0 aliphatic carbocycles. The zero-order valence-electron chi connectivity index (χ0n) is 9.64. The highest BCUT2D eigenvalue weighted by Gasteiger charge is 2.06. The molecule has 0 aliphatic rings. The molecule has 0 spiro atoms. The molecule has 0 atom stereocenters. The van der Waals surface area contributed by atoms with Gasteiger partial charge in [-0.2, -0.15) is 0 Å². The van der Waals surface area contributed by atoms with Gasteiger partial charge in [0.05, 0.1) is 0 Å². The molecule has 0 aliphatic heterocycles. The van der Waals surface area contributed by atoms with Gasteiger partial charge >= 0.3 is 0 Å². The van der Waals surface area contributed by atoms with Crippen molar-refractivity contribution in [2.24, 2.45) is 7.05 Å². The van der Waals surface area contributed by atoms with Crippen LogP contribution in [0.2, 0.25) is 0 Å². The second-order valence-electron chi connectivity index (χ2n) is 3.77. The maximum Gasteiger partial charge on any atom is 0.191 e. The number of aryl methyl sites for hydroxylation is 1. The van der Waals surface area contributed by atoms with E-state index in [9.17, 15) is 4.39 Å². The highest BCUT2D eigenvalue weighted by Crippen LogP contribution is 2.22. The lowest BCUT2D eigenvalue weighted by Gasteiger charge is -2.03. The molecule has 0 radical (unpaired) electrons. The van der Waals surface area contributed by atoms with E-state index < -0.39 is 0 Å². The van der Waals surface area contributed by atoms with E-state index in [1.807, 2.05) is 18.5 Å². The predicted octanol–water partition coefficient (Wildman–Crippen LogP) is 2.14. The third kappa shape index (κ3) is 2.76. The standard InChI is InChI=1S/C11H13FN4S/c1-7-14-15-11(16(7)2)17-6-8-3-9(12)5-10(13)4-8/h3-5H,6,13H2,1-2H3. The number of aromatic nitrogens is 3. The van der Waals surface area contributed by atoms with Crippen LogP contribution in [0.3, 0.4) is 0 Å². The van der Waals surface area contributed by atoms with E-state index in [0.717, 1.165) is 16.5 Å². The first-order valence-corrected chi connectivity index (χ1v) is 6.08. The van der Waals surface area contributed by atoms with Crippen molar-refractivity contribution < 1.29 is 4.39 Å². The summed E-state index contributed by atoms with van der Waals surface area (Å²) in [4.78, 5) is 0. The summed E-state index contributed by atoms with van der Waals surface area (Å²) in [7, 11) is 1.90. The van der Waals surface area contributed by atoms with Crippen LogP contribution in [0.15, 0.2) is 23.4 Å². The van der Waals surface area contributed by atoms with E-state index in [4.69, 9.17) is 5.73 Å². The number of benzene rings is 1. The second-order valence-corrected chi connectivity index (χ2v) is 4.71. The summed E-state index contributed by atoms with van der Waals surface area (Å²) < 4.78 is 15.0. The molecule has 0 saturated heterocycles. The molecular weight excluding hydrogens is 239 g/mol. The number of nitrogen functional groups attached to an aromatic ring is 1. The van der Waals surface area contributed by atoms with Crippen LogP contribution >= 0.6 is 11.8 Å². The molecule has 17 heavy (non-hydrogen) atoms. The van der Waals surface area contributed by atoms with Gasteiger partial charge < -0.3 is 10.3 Å². The molecule has 6 heteroatoms. The molecule has 1 aromatic carbocycles. The predicted molar refractivity (Wildman–Crippen MR) is 66.1 cm³/mol. The lowest BCUT2D eigenvalue weighted by atomic mass is 10.2. The molecule has 0 amide bonds. The highest BCUT2D eigenvalue weighted by atomic mass is 32.2. The molecule has 0 unspecified atom stereocenters. The van der Waals surface area contributed by atoms with Crippen LogP contribution in [0.25, 0.3) is 0 Å². The smallest absolute Gasteiger partial charge is 0.191 e. The molecule has 2 N–H and O–H groups in total. The molecule has 1 heterocycles. The van der Waals surface area contributed by atoms with E-state index in [0.29, 0.717) is 11.4 Å². The van der Waals surface area contributed by atoms with Gasteiger partial charge in [0, 0.05) is 18.5 Å². The van der Waals surface area contributed by atoms with Crippen LogP contribution < -0.4 is 5.73 Å². The average molecular weight is 252 g/mol. The Morgan fingerprint density at radius 2 is 2.12 bits per heavy atom. The van der Waals surface area contributed by atoms with Crippen LogP contribution in [0.1, 0.15) is 11.4 Å². The third-order valence-electron chi connectivity index (χ3n) is 2.40. The van der Waals surface area contributed by atoms with E-state index in [2.05, 4.69) is 10.2 Å². The lowest BCUT2D eigenvalue weighted by Crippen LogP contribution is -1.95. The summed E-state index contributed by atoms with van der Waals surface area (Å²) in [6, 6.07) is 4.55. The molecule has 1 aromatic heterocycles. The van der Waals surface area contributed by atoms with Crippen molar-refractivity contribution in [1.29, 1.82) is 0 Å². The van der Waals surface area contributed by atoms with E-state index in [1.54, 1.807) is 6.07 Å². The van der Waals surface area contributed by atoms with Crippen molar-refractivity contribution in [3.8, 4) is 0 Å². The van der Waals surface area contributed by atoms with Crippen LogP contribution in [0.5, 0.6) is 0 Å². The minimum absolute atomic E-state index is 0.310. The first-order valence-electron chi connectivity index (χ1n) is 5.10. The molecule has 90 valence electrons. The van der Waals surface area contributed by atoms with Crippen molar-refractivity contribution in [2.45, 2.75) is 17.8 Å². The summed E-state index contributed by atoms with van der Waals surface area (Å²) >= 11 is 1.51. The Morgan fingerprint density at radius 3 is 2.71 bits per heavy atom. The maximum absolute atomic E-state index is 13.1. The van der Waals surface area contributed by atoms with Crippen molar-refractivity contribution >= 4 is 17.4 Å². The van der Waals surface area contributed by atoms with E-state index in [-0.39, 0.29) is 5.82 Å². The molecule has 4 nitrogen and oxygen atoms in total. The Balaban J connectivity index is 2.09. The van der Waals surface area contributed by atoms with Gasteiger partial charge in [0.2, 0.25) is 0 Å². The Hall–Kier alpha value is -1.56. The Kier molecular flexibility index (Phi) is 3.33. The summed E-state index contributed by atoms with van der Waals surface area (Å²) in [5, 5.41) is 8.79. The fourth-order valence-electron chi connectivity index (χ4n) is 1.42. The van der Waals surface area contributed by atoms with Gasteiger partial charge in [0.25, 0.3) is 0 Å². The fraction of sp³-hybridized carbons (Fsp3) is 0.273. The van der Waals surface area contributed by atoms with Gasteiger partial charge in [0.15, 0.2) is 5.16 Å². The van der Waals surface area contributed by atoms with Gasteiger partial charge in [-0.15, -0.1) is 10.2 Å². The Bertz CT molecular complexity index is 518. The monoisotopic (exact) mass is 252 g/mol. The van der Waals surface area contributed by atoms with Crippen molar-refractivity contribution in [2.75, 3.05) is 5.73 Å². The molecule has 2 rings (SSSR count). The first kappa shape index (κ1) is 11.9. The number of halogens is 1. The Morgan fingerprint density at radius 1 is 1.35 bits per heavy atom. The zero-order chi connectivity index (χ0) is 12.4. The quantitative estimate of drug-likeness (QED) is 0.671. The number of rotatable bonds is 3. The van der Waals surface area contributed by atoms with Crippen LogP contribution in [0, 0.1) is 12.7 Å². The summed E-state index contributed by atoms with van der Waals surface area (Å²) in [6.45, 7) is 1.89. The highest BCUT2D eigenvalue weighted by molar-refractivity contribution is 7.98. The number of hydrogen-bond donors (Lipinski definition) is 1. The van der Waals surface area contributed by atoms with Crippen LogP contribution in [-0.4, -0.2) is 14.8 Å². The molecule has 2 aromatic rings. The van der Waals surface area contributed by atoms with Crippen LogP contribution in [0.4, 0.5) is 10.1 Å². The minimum Gasteiger partial charge on any atom is -0.399 e. The molecule has 0 fully saturated rings. The van der Waals surface area contributed by atoms with Gasteiger partial charge in [-0.05, 0) is 30.7 Å².